The summed E-state index contributed by atoms with van der Waals surface area (Å²) in [5.41, 5.74) is 0. The van der Waals surface area contributed by atoms with Crippen molar-refractivity contribution in [2.45, 2.75) is 51.1 Å². The summed E-state index contributed by atoms with van der Waals surface area (Å²) in [5.74, 6) is 1.25. The van der Waals surface area contributed by atoms with Crippen LogP contribution in [-0.4, -0.2) is 69.5 Å². The minimum Gasteiger partial charge on any atom is -0.357 e. The first-order valence-corrected chi connectivity index (χ1v) is 10.3. The van der Waals surface area contributed by atoms with Crippen LogP contribution in [0.4, 0.5) is 0 Å². The molecule has 0 aromatic rings. The molecule has 1 saturated carbocycles. The highest BCUT2D eigenvalue weighted by molar-refractivity contribution is 7.91. The van der Waals surface area contributed by atoms with Crippen molar-refractivity contribution >= 4 is 15.8 Å². The number of nitrogens with one attached hydrogen (secondary N) is 2. The maximum atomic E-state index is 11.5. The number of hydrogen-bond donors (Lipinski definition) is 2. The largest absolute Gasteiger partial charge is 0.357 e. The fourth-order valence-corrected chi connectivity index (χ4v) is 4.94. The van der Waals surface area contributed by atoms with E-state index >= 15 is 0 Å². The van der Waals surface area contributed by atoms with Crippen LogP contribution in [-0.2, 0) is 9.84 Å². The van der Waals surface area contributed by atoms with Gasteiger partial charge in [0.2, 0.25) is 0 Å². The summed E-state index contributed by atoms with van der Waals surface area (Å²) in [6.07, 6.45) is 5.98. The molecule has 1 aliphatic heterocycles. The molecule has 1 saturated heterocycles. The molecule has 7 heteroatoms. The van der Waals surface area contributed by atoms with Gasteiger partial charge in [0.25, 0.3) is 0 Å². The molecule has 2 N–H and O–H groups in total. The smallest absolute Gasteiger partial charge is 0.191 e. The molecule has 1 unspecified atom stereocenters. The fraction of sp³-hybridized carbons (Fsp3) is 0.933. The molecular formula is C15H30N4O2S. The molecule has 0 radical (unpaired) electrons. The van der Waals surface area contributed by atoms with Crippen molar-refractivity contribution < 1.29 is 8.42 Å². The molecule has 1 aliphatic carbocycles. The number of aliphatic imine (C=N–C) groups is 1. The Morgan fingerprint density at radius 1 is 1.27 bits per heavy atom. The Labute approximate surface area is 134 Å². The molecule has 2 aliphatic rings. The second-order valence-corrected chi connectivity index (χ2v) is 8.65. The lowest BCUT2D eigenvalue weighted by molar-refractivity contribution is 0.252. The monoisotopic (exact) mass is 330 g/mol. The normalized spacial score (nSPS) is 25.8. The summed E-state index contributed by atoms with van der Waals surface area (Å²) >= 11 is 0. The second kappa shape index (κ2) is 8.15. The third kappa shape index (κ3) is 5.43. The Kier molecular flexibility index (Phi) is 6.50. The predicted octanol–water partition coefficient (Wildman–Crippen LogP) is 0.603. The van der Waals surface area contributed by atoms with Crippen LogP contribution in [0.5, 0.6) is 0 Å². The van der Waals surface area contributed by atoms with Crippen molar-refractivity contribution in [3.05, 3.63) is 0 Å². The third-order valence-electron chi connectivity index (χ3n) is 4.59. The van der Waals surface area contributed by atoms with Crippen LogP contribution in [0.1, 0.15) is 39.0 Å². The Bertz CT molecular complexity index is 472. The number of guanidine groups is 1. The summed E-state index contributed by atoms with van der Waals surface area (Å²) in [6.45, 7) is 4.49. The highest BCUT2D eigenvalue weighted by atomic mass is 32.2. The van der Waals surface area contributed by atoms with Gasteiger partial charge in [-0.3, -0.25) is 4.99 Å². The quantitative estimate of drug-likeness (QED) is 0.551. The average molecular weight is 330 g/mol. The number of sulfone groups is 1. The van der Waals surface area contributed by atoms with Gasteiger partial charge in [-0.1, -0.05) is 12.8 Å². The Balaban J connectivity index is 1.79. The number of rotatable bonds is 6. The van der Waals surface area contributed by atoms with Crippen molar-refractivity contribution in [1.29, 1.82) is 0 Å². The van der Waals surface area contributed by atoms with Crippen LogP contribution >= 0.6 is 0 Å². The molecule has 0 amide bonds. The van der Waals surface area contributed by atoms with Crippen LogP contribution in [0.15, 0.2) is 4.99 Å². The minimum atomic E-state index is -2.85. The lowest BCUT2D eigenvalue weighted by Crippen LogP contribution is -2.44. The van der Waals surface area contributed by atoms with Gasteiger partial charge in [0.15, 0.2) is 15.8 Å². The molecule has 0 aromatic heterocycles. The van der Waals surface area contributed by atoms with Crippen molar-refractivity contribution in [2.75, 3.05) is 38.2 Å². The molecule has 6 nitrogen and oxygen atoms in total. The van der Waals surface area contributed by atoms with Crippen LogP contribution in [0.3, 0.4) is 0 Å². The molecule has 0 aromatic carbocycles. The first-order chi connectivity index (χ1) is 10.5. The standard InChI is InChI=1S/C15H30N4O2S/c1-3-16-15(18-13-8-11-22(20,21)12-13)17-9-10-19(2)14-6-4-5-7-14/h13-14H,3-12H2,1-2H3,(H2,16,17,18). The molecule has 0 bridgehead atoms. The lowest BCUT2D eigenvalue weighted by Gasteiger charge is -2.23. The van der Waals surface area contributed by atoms with Gasteiger partial charge in [-0.2, -0.15) is 0 Å². The highest BCUT2D eigenvalue weighted by Gasteiger charge is 2.28. The second-order valence-electron chi connectivity index (χ2n) is 6.42. The van der Waals surface area contributed by atoms with E-state index in [2.05, 4.69) is 27.6 Å². The maximum Gasteiger partial charge on any atom is 0.191 e. The Morgan fingerprint density at radius 3 is 2.59 bits per heavy atom. The van der Waals surface area contributed by atoms with E-state index in [0.29, 0.717) is 12.5 Å². The molecule has 128 valence electrons. The van der Waals surface area contributed by atoms with Gasteiger partial charge < -0.3 is 15.5 Å². The van der Waals surface area contributed by atoms with E-state index in [1.54, 1.807) is 0 Å². The van der Waals surface area contributed by atoms with Gasteiger partial charge in [-0.25, -0.2) is 8.42 Å². The number of likely N-dealkylation sites (N-methyl/N-ethyl adjacent to an activating group) is 1. The van der Waals surface area contributed by atoms with E-state index in [4.69, 9.17) is 0 Å². The van der Waals surface area contributed by atoms with Gasteiger partial charge in [0, 0.05) is 25.2 Å². The van der Waals surface area contributed by atoms with Gasteiger partial charge in [0.1, 0.15) is 0 Å². The minimum absolute atomic E-state index is 0.00429. The lowest BCUT2D eigenvalue weighted by atomic mass is 10.2. The van der Waals surface area contributed by atoms with Gasteiger partial charge in [0.05, 0.1) is 18.1 Å². The predicted molar refractivity (Wildman–Crippen MR) is 91.1 cm³/mol. The topological polar surface area (TPSA) is 73.8 Å². The van der Waals surface area contributed by atoms with Crippen LogP contribution in [0, 0.1) is 0 Å². The molecule has 1 heterocycles. The summed E-state index contributed by atoms with van der Waals surface area (Å²) in [4.78, 5) is 7.00. The van der Waals surface area contributed by atoms with Crippen LogP contribution in [0.2, 0.25) is 0 Å². The summed E-state index contributed by atoms with van der Waals surface area (Å²) in [5, 5.41) is 6.46. The number of nitrogens with zero attached hydrogens (tertiary/aromatic N) is 2. The summed E-state index contributed by atoms with van der Waals surface area (Å²) < 4.78 is 23.0. The molecule has 2 fully saturated rings. The van der Waals surface area contributed by atoms with E-state index in [0.717, 1.165) is 25.6 Å². The van der Waals surface area contributed by atoms with Gasteiger partial charge >= 0.3 is 0 Å². The van der Waals surface area contributed by atoms with Crippen LogP contribution in [0.25, 0.3) is 0 Å². The van der Waals surface area contributed by atoms with Crippen molar-refractivity contribution in [2.24, 2.45) is 4.99 Å². The van der Waals surface area contributed by atoms with E-state index in [-0.39, 0.29) is 17.5 Å². The van der Waals surface area contributed by atoms with E-state index in [1.807, 2.05) is 6.92 Å². The van der Waals surface area contributed by atoms with Gasteiger partial charge in [-0.15, -0.1) is 0 Å². The van der Waals surface area contributed by atoms with E-state index < -0.39 is 9.84 Å². The third-order valence-corrected chi connectivity index (χ3v) is 6.36. The molecule has 1 atom stereocenters. The van der Waals surface area contributed by atoms with E-state index in [9.17, 15) is 8.42 Å². The molecule has 22 heavy (non-hydrogen) atoms. The van der Waals surface area contributed by atoms with Crippen molar-refractivity contribution in [1.82, 2.24) is 15.5 Å². The van der Waals surface area contributed by atoms with Crippen molar-refractivity contribution in [3.63, 3.8) is 0 Å². The highest BCUT2D eigenvalue weighted by Crippen LogP contribution is 2.21. The zero-order valence-electron chi connectivity index (χ0n) is 13.8. The fourth-order valence-electron chi connectivity index (χ4n) is 3.27. The zero-order valence-corrected chi connectivity index (χ0v) is 14.7. The Hall–Kier alpha value is -0.820. The van der Waals surface area contributed by atoms with Gasteiger partial charge in [-0.05, 0) is 33.2 Å². The summed E-state index contributed by atoms with van der Waals surface area (Å²) in [7, 11) is -0.679. The average Bonchev–Trinajstić information content (AvgIpc) is 3.08. The van der Waals surface area contributed by atoms with Crippen molar-refractivity contribution in [3.8, 4) is 0 Å². The SMILES string of the molecule is CCNC(=NCCN(C)C1CCCC1)NC1CCS(=O)(=O)C1. The Morgan fingerprint density at radius 2 is 2.00 bits per heavy atom. The zero-order chi connectivity index (χ0) is 16.0. The first kappa shape index (κ1) is 17.5. The summed E-state index contributed by atoms with van der Waals surface area (Å²) in [6, 6.07) is 0.709. The maximum absolute atomic E-state index is 11.5. The molecule has 2 rings (SSSR count). The van der Waals surface area contributed by atoms with E-state index in [1.165, 1.54) is 25.7 Å². The first-order valence-electron chi connectivity index (χ1n) is 8.45. The molecular weight excluding hydrogens is 300 g/mol. The molecule has 0 spiro atoms. The number of hydrogen-bond acceptors (Lipinski definition) is 4. The van der Waals surface area contributed by atoms with Crippen LogP contribution < -0.4 is 10.6 Å².